The number of nitrogens with one attached hydrogen (secondary N) is 1. The maximum Gasteiger partial charge on any atom is 0.145 e. The zero-order valence-corrected chi connectivity index (χ0v) is 9.13. The molecule has 0 aliphatic carbocycles. The quantitative estimate of drug-likeness (QED) is 0.493. The minimum atomic E-state index is 0.240. The van der Waals surface area contributed by atoms with E-state index in [0.717, 1.165) is 31.7 Å². The number of hydrogen-bond acceptors (Lipinski definition) is 6. The van der Waals surface area contributed by atoms with Crippen LogP contribution in [0, 0.1) is 5.92 Å². The fourth-order valence-corrected chi connectivity index (χ4v) is 2.02. The lowest BCUT2D eigenvalue weighted by Crippen LogP contribution is -2.37. The van der Waals surface area contributed by atoms with Crippen molar-refractivity contribution in [1.29, 1.82) is 0 Å². The molecule has 0 bridgehead atoms. The summed E-state index contributed by atoms with van der Waals surface area (Å²) >= 11 is 0. The lowest BCUT2D eigenvalue weighted by atomic mass is 9.99. The number of aliphatic hydroxyl groups excluding tert-OH is 1. The van der Waals surface area contributed by atoms with E-state index in [1.807, 2.05) is 6.07 Å². The van der Waals surface area contributed by atoms with Crippen molar-refractivity contribution in [1.82, 2.24) is 9.97 Å². The molecule has 1 saturated heterocycles. The highest BCUT2D eigenvalue weighted by Gasteiger charge is 2.20. The van der Waals surface area contributed by atoms with Crippen LogP contribution in [0.4, 0.5) is 11.6 Å². The summed E-state index contributed by atoms with van der Waals surface area (Å²) < 4.78 is 0. The summed E-state index contributed by atoms with van der Waals surface area (Å²) in [4.78, 5) is 10.3. The van der Waals surface area contributed by atoms with E-state index in [4.69, 9.17) is 10.9 Å². The largest absolute Gasteiger partial charge is 0.396 e. The Morgan fingerprint density at radius 2 is 2.44 bits per heavy atom. The van der Waals surface area contributed by atoms with Gasteiger partial charge in [-0.25, -0.2) is 15.8 Å². The van der Waals surface area contributed by atoms with Crippen molar-refractivity contribution in [2.75, 3.05) is 30.0 Å². The van der Waals surface area contributed by atoms with Crippen LogP contribution < -0.4 is 16.2 Å². The number of aromatic nitrogens is 2. The molecule has 6 heteroatoms. The Labute approximate surface area is 94.5 Å². The van der Waals surface area contributed by atoms with Gasteiger partial charge in [-0.1, -0.05) is 0 Å². The molecule has 0 saturated carbocycles. The molecule has 6 nitrogen and oxygen atoms in total. The number of nitrogen functional groups attached to an aromatic ring is 1. The van der Waals surface area contributed by atoms with Gasteiger partial charge in [0.2, 0.25) is 0 Å². The van der Waals surface area contributed by atoms with Gasteiger partial charge in [0.1, 0.15) is 18.0 Å². The molecule has 4 N–H and O–H groups in total. The van der Waals surface area contributed by atoms with E-state index in [1.165, 1.54) is 6.33 Å². The van der Waals surface area contributed by atoms with Gasteiger partial charge >= 0.3 is 0 Å². The molecule has 2 heterocycles. The monoisotopic (exact) mass is 223 g/mol. The third-order valence-electron chi connectivity index (χ3n) is 2.90. The predicted molar refractivity (Wildman–Crippen MR) is 61.9 cm³/mol. The van der Waals surface area contributed by atoms with Crippen LogP contribution in [0.2, 0.25) is 0 Å². The van der Waals surface area contributed by atoms with Gasteiger partial charge < -0.3 is 15.4 Å². The van der Waals surface area contributed by atoms with Gasteiger partial charge in [-0.3, -0.25) is 0 Å². The molecule has 0 amide bonds. The topological polar surface area (TPSA) is 87.3 Å². The number of rotatable bonds is 3. The van der Waals surface area contributed by atoms with Gasteiger partial charge in [-0.15, -0.1) is 0 Å². The van der Waals surface area contributed by atoms with Crippen LogP contribution in [0.1, 0.15) is 12.8 Å². The summed E-state index contributed by atoms with van der Waals surface area (Å²) in [5, 5.41) is 9.16. The minimum absolute atomic E-state index is 0.240. The van der Waals surface area contributed by atoms with Crippen LogP contribution in [0.5, 0.6) is 0 Å². The second kappa shape index (κ2) is 5.09. The number of hydrogen-bond donors (Lipinski definition) is 3. The summed E-state index contributed by atoms with van der Waals surface area (Å²) in [6.45, 7) is 2.05. The van der Waals surface area contributed by atoms with E-state index in [9.17, 15) is 0 Å². The molecule has 2 rings (SSSR count). The molecule has 1 atom stereocenters. The van der Waals surface area contributed by atoms with E-state index in [-0.39, 0.29) is 6.61 Å². The summed E-state index contributed by atoms with van der Waals surface area (Å²) in [6, 6.07) is 1.82. The Morgan fingerprint density at radius 3 is 3.19 bits per heavy atom. The van der Waals surface area contributed by atoms with Gasteiger partial charge in [0.25, 0.3) is 0 Å². The Morgan fingerprint density at radius 1 is 1.56 bits per heavy atom. The molecule has 1 unspecified atom stereocenters. The van der Waals surface area contributed by atoms with Gasteiger partial charge in [-0.2, -0.15) is 0 Å². The van der Waals surface area contributed by atoms with Crippen LogP contribution >= 0.6 is 0 Å². The lowest BCUT2D eigenvalue weighted by Gasteiger charge is -2.32. The lowest BCUT2D eigenvalue weighted by molar-refractivity contribution is 0.208. The average Bonchev–Trinajstić information content (AvgIpc) is 2.39. The Kier molecular flexibility index (Phi) is 3.53. The van der Waals surface area contributed by atoms with Crippen LogP contribution in [0.15, 0.2) is 12.4 Å². The molecule has 1 aromatic heterocycles. The first-order chi connectivity index (χ1) is 7.83. The van der Waals surface area contributed by atoms with E-state index in [0.29, 0.717) is 11.7 Å². The maximum atomic E-state index is 9.16. The first-order valence-corrected chi connectivity index (χ1v) is 5.48. The van der Waals surface area contributed by atoms with Gasteiger partial charge in [0, 0.05) is 25.8 Å². The zero-order chi connectivity index (χ0) is 11.4. The molecule has 0 spiro atoms. The van der Waals surface area contributed by atoms with Gasteiger partial charge in [0.05, 0.1) is 0 Å². The second-order valence-electron chi connectivity index (χ2n) is 4.04. The van der Waals surface area contributed by atoms with Crippen molar-refractivity contribution >= 4 is 11.6 Å². The third kappa shape index (κ3) is 2.40. The number of aliphatic hydroxyl groups is 1. The second-order valence-corrected chi connectivity index (χ2v) is 4.04. The van der Waals surface area contributed by atoms with Crippen LogP contribution in [0.25, 0.3) is 0 Å². The number of nitrogens with zero attached hydrogens (tertiary/aromatic N) is 3. The third-order valence-corrected chi connectivity index (χ3v) is 2.90. The van der Waals surface area contributed by atoms with Crippen molar-refractivity contribution in [3.8, 4) is 0 Å². The van der Waals surface area contributed by atoms with Crippen LogP contribution in [-0.4, -0.2) is 34.8 Å². The Balaban J connectivity index is 2.10. The number of piperidine rings is 1. The van der Waals surface area contributed by atoms with Crippen molar-refractivity contribution < 1.29 is 5.11 Å². The first-order valence-electron chi connectivity index (χ1n) is 5.48. The Hall–Kier alpha value is -1.40. The van der Waals surface area contributed by atoms with Crippen LogP contribution in [-0.2, 0) is 0 Å². The highest BCUT2D eigenvalue weighted by atomic mass is 16.3. The van der Waals surface area contributed by atoms with Crippen molar-refractivity contribution in [2.24, 2.45) is 11.8 Å². The standard InChI is InChI=1S/C10H17N5O/c11-14-9-4-10(13-7-12-9)15-3-1-2-8(5-15)6-16/h4,7-8,16H,1-3,5-6,11H2,(H,12,13,14). The molecule has 0 aromatic carbocycles. The summed E-state index contributed by atoms with van der Waals surface area (Å²) in [5.41, 5.74) is 2.50. The summed E-state index contributed by atoms with van der Waals surface area (Å²) in [5.74, 6) is 7.12. The highest BCUT2D eigenvalue weighted by Crippen LogP contribution is 2.21. The van der Waals surface area contributed by atoms with Crippen LogP contribution in [0.3, 0.4) is 0 Å². The van der Waals surface area contributed by atoms with Crippen molar-refractivity contribution in [3.63, 3.8) is 0 Å². The SMILES string of the molecule is NNc1cc(N2CCCC(CO)C2)ncn1. The molecule has 1 fully saturated rings. The van der Waals surface area contributed by atoms with Gasteiger partial charge in [-0.05, 0) is 18.8 Å². The highest BCUT2D eigenvalue weighted by molar-refractivity contribution is 5.48. The number of anilines is 2. The number of nitrogens with two attached hydrogens (primary N) is 1. The predicted octanol–water partition coefficient (Wildman–Crippen LogP) is -0.0291. The van der Waals surface area contributed by atoms with Gasteiger partial charge in [0.15, 0.2) is 0 Å². The molecule has 1 aliphatic heterocycles. The summed E-state index contributed by atoms with van der Waals surface area (Å²) in [6.07, 6.45) is 3.66. The fourth-order valence-electron chi connectivity index (χ4n) is 2.02. The molecular weight excluding hydrogens is 206 g/mol. The summed E-state index contributed by atoms with van der Waals surface area (Å²) in [7, 11) is 0. The molecule has 1 aromatic rings. The average molecular weight is 223 g/mol. The molecule has 16 heavy (non-hydrogen) atoms. The fraction of sp³-hybridized carbons (Fsp3) is 0.600. The normalized spacial score (nSPS) is 20.9. The molecule has 1 aliphatic rings. The zero-order valence-electron chi connectivity index (χ0n) is 9.13. The first kappa shape index (κ1) is 11.1. The minimum Gasteiger partial charge on any atom is -0.396 e. The van der Waals surface area contributed by atoms with Crippen molar-refractivity contribution in [2.45, 2.75) is 12.8 Å². The molecular formula is C10H17N5O. The maximum absolute atomic E-state index is 9.16. The molecule has 88 valence electrons. The number of hydrazine groups is 1. The Bertz CT molecular complexity index is 346. The van der Waals surface area contributed by atoms with E-state index in [2.05, 4.69) is 20.3 Å². The smallest absolute Gasteiger partial charge is 0.145 e. The van der Waals surface area contributed by atoms with E-state index < -0.39 is 0 Å². The molecule has 0 radical (unpaired) electrons. The van der Waals surface area contributed by atoms with E-state index >= 15 is 0 Å². The van der Waals surface area contributed by atoms with E-state index in [1.54, 1.807) is 0 Å². The van der Waals surface area contributed by atoms with Crippen molar-refractivity contribution in [3.05, 3.63) is 12.4 Å².